The van der Waals surface area contributed by atoms with E-state index in [2.05, 4.69) is 52.1 Å². The quantitative estimate of drug-likeness (QED) is 0.828. The number of aryl methyl sites for hydroxylation is 1. The third kappa shape index (κ3) is 4.02. The highest BCUT2D eigenvalue weighted by Gasteiger charge is 2.21. The predicted octanol–water partition coefficient (Wildman–Crippen LogP) is 3.78. The van der Waals surface area contributed by atoms with Crippen molar-refractivity contribution in [3.8, 4) is 5.75 Å². The van der Waals surface area contributed by atoms with Crippen molar-refractivity contribution in [2.24, 2.45) is 11.3 Å². The Balaban J connectivity index is 2.61. The van der Waals surface area contributed by atoms with E-state index < -0.39 is 0 Å². The van der Waals surface area contributed by atoms with Gasteiger partial charge < -0.3 is 10.1 Å². The topological polar surface area (TPSA) is 21.3 Å². The number of ether oxygens (including phenoxy) is 1. The van der Waals surface area contributed by atoms with Crippen LogP contribution in [0.4, 0.5) is 0 Å². The molecule has 1 rings (SSSR count). The first-order valence-electron chi connectivity index (χ1n) is 6.71. The standard InChI is InChI=1S/C16H27NO/c1-12(2)16(4,5)11-17-10-14-9-13(3)7-8-15(14)18-6/h7-9,12,17H,10-11H2,1-6H3. The van der Waals surface area contributed by atoms with Crippen molar-refractivity contribution < 1.29 is 4.74 Å². The predicted molar refractivity (Wildman–Crippen MR) is 78.1 cm³/mol. The van der Waals surface area contributed by atoms with E-state index in [1.165, 1.54) is 11.1 Å². The normalized spacial score (nSPS) is 11.9. The molecular weight excluding hydrogens is 222 g/mol. The van der Waals surface area contributed by atoms with E-state index in [4.69, 9.17) is 4.74 Å². The molecule has 1 N–H and O–H groups in total. The Morgan fingerprint density at radius 3 is 2.50 bits per heavy atom. The summed E-state index contributed by atoms with van der Waals surface area (Å²) in [5.41, 5.74) is 2.82. The van der Waals surface area contributed by atoms with Crippen LogP contribution in [0.3, 0.4) is 0 Å². The van der Waals surface area contributed by atoms with Crippen LogP contribution in [0.15, 0.2) is 18.2 Å². The van der Waals surface area contributed by atoms with Crippen LogP contribution in [0, 0.1) is 18.3 Å². The van der Waals surface area contributed by atoms with Gasteiger partial charge in [0.15, 0.2) is 0 Å². The number of benzene rings is 1. The molecule has 0 aliphatic heterocycles. The zero-order valence-corrected chi connectivity index (χ0v) is 12.6. The smallest absolute Gasteiger partial charge is 0.123 e. The van der Waals surface area contributed by atoms with Gasteiger partial charge in [0, 0.05) is 18.7 Å². The Kier molecular flexibility index (Phi) is 5.21. The van der Waals surface area contributed by atoms with E-state index in [1.807, 2.05) is 6.07 Å². The zero-order chi connectivity index (χ0) is 13.8. The van der Waals surface area contributed by atoms with Gasteiger partial charge in [-0.3, -0.25) is 0 Å². The maximum atomic E-state index is 5.39. The second kappa shape index (κ2) is 6.24. The van der Waals surface area contributed by atoms with Crippen LogP contribution in [-0.4, -0.2) is 13.7 Å². The van der Waals surface area contributed by atoms with Gasteiger partial charge in [-0.2, -0.15) is 0 Å². The fraction of sp³-hybridized carbons (Fsp3) is 0.625. The highest BCUT2D eigenvalue weighted by molar-refractivity contribution is 5.36. The first kappa shape index (κ1) is 15.0. The van der Waals surface area contributed by atoms with E-state index in [0.717, 1.165) is 18.8 Å². The van der Waals surface area contributed by atoms with Crippen molar-refractivity contribution in [1.82, 2.24) is 5.32 Å². The SMILES string of the molecule is COc1ccc(C)cc1CNCC(C)(C)C(C)C. The van der Waals surface area contributed by atoms with Crippen molar-refractivity contribution in [3.63, 3.8) is 0 Å². The van der Waals surface area contributed by atoms with Crippen LogP contribution in [0.2, 0.25) is 0 Å². The third-order valence-electron chi connectivity index (χ3n) is 3.89. The molecule has 0 saturated carbocycles. The van der Waals surface area contributed by atoms with Crippen molar-refractivity contribution in [2.45, 2.75) is 41.2 Å². The minimum atomic E-state index is 0.317. The minimum absolute atomic E-state index is 0.317. The summed E-state index contributed by atoms with van der Waals surface area (Å²) in [6, 6.07) is 6.31. The monoisotopic (exact) mass is 249 g/mol. The van der Waals surface area contributed by atoms with Gasteiger partial charge in [0.25, 0.3) is 0 Å². The minimum Gasteiger partial charge on any atom is -0.496 e. The zero-order valence-electron chi connectivity index (χ0n) is 12.6. The Bertz CT molecular complexity index is 383. The van der Waals surface area contributed by atoms with Gasteiger partial charge in [-0.25, -0.2) is 0 Å². The summed E-state index contributed by atoms with van der Waals surface area (Å²) in [6.07, 6.45) is 0. The molecule has 2 nitrogen and oxygen atoms in total. The molecule has 1 aromatic rings. The molecule has 0 heterocycles. The van der Waals surface area contributed by atoms with Gasteiger partial charge in [-0.05, 0) is 24.3 Å². The van der Waals surface area contributed by atoms with Gasteiger partial charge in [-0.1, -0.05) is 45.4 Å². The van der Waals surface area contributed by atoms with Crippen LogP contribution < -0.4 is 10.1 Å². The average Bonchev–Trinajstić information content (AvgIpc) is 2.29. The molecular formula is C16H27NO. The van der Waals surface area contributed by atoms with Gasteiger partial charge in [0.2, 0.25) is 0 Å². The second-order valence-corrected chi connectivity index (χ2v) is 6.06. The van der Waals surface area contributed by atoms with Crippen molar-refractivity contribution >= 4 is 0 Å². The summed E-state index contributed by atoms with van der Waals surface area (Å²) in [5.74, 6) is 1.64. The lowest BCUT2D eigenvalue weighted by atomic mass is 9.81. The van der Waals surface area contributed by atoms with Crippen LogP contribution in [0.5, 0.6) is 5.75 Å². The van der Waals surface area contributed by atoms with E-state index in [1.54, 1.807) is 7.11 Å². The second-order valence-electron chi connectivity index (χ2n) is 6.06. The highest BCUT2D eigenvalue weighted by Crippen LogP contribution is 2.25. The van der Waals surface area contributed by atoms with Gasteiger partial charge in [0.1, 0.15) is 5.75 Å². The Morgan fingerprint density at radius 1 is 1.28 bits per heavy atom. The molecule has 0 atom stereocenters. The molecule has 0 aliphatic rings. The van der Waals surface area contributed by atoms with Crippen LogP contribution in [-0.2, 0) is 6.54 Å². The summed E-state index contributed by atoms with van der Waals surface area (Å²) in [4.78, 5) is 0. The number of methoxy groups -OCH3 is 1. The Morgan fingerprint density at radius 2 is 1.94 bits per heavy atom. The lowest BCUT2D eigenvalue weighted by Crippen LogP contribution is -2.33. The Labute approximate surface area is 112 Å². The maximum Gasteiger partial charge on any atom is 0.123 e. The molecule has 0 bridgehead atoms. The van der Waals surface area contributed by atoms with Gasteiger partial charge in [-0.15, -0.1) is 0 Å². The fourth-order valence-electron chi connectivity index (χ4n) is 1.77. The van der Waals surface area contributed by atoms with E-state index >= 15 is 0 Å². The Hall–Kier alpha value is -1.02. The molecule has 0 aromatic heterocycles. The molecule has 0 radical (unpaired) electrons. The molecule has 0 unspecified atom stereocenters. The number of hydrogen-bond donors (Lipinski definition) is 1. The van der Waals surface area contributed by atoms with Gasteiger partial charge in [0.05, 0.1) is 7.11 Å². The maximum absolute atomic E-state index is 5.39. The van der Waals surface area contributed by atoms with E-state index in [0.29, 0.717) is 11.3 Å². The molecule has 0 spiro atoms. The van der Waals surface area contributed by atoms with Crippen LogP contribution in [0.25, 0.3) is 0 Å². The number of rotatable bonds is 6. The van der Waals surface area contributed by atoms with E-state index in [9.17, 15) is 0 Å². The molecule has 1 aromatic carbocycles. The lowest BCUT2D eigenvalue weighted by molar-refractivity contribution is 0.237. The van der Waals surface area contributed by atoms with Crippen LogP contribution >= 0.6 is 0 Å². The van der Waals surface area contributed by atoms with Crippen molar-refractivity contribution in [2.75, 3.05) is 13.7 Å². The highest BCUT2D eigenvalue weighted by atomic mass is 16.5. The molecule has 0 aliphatic carbocycles. The lowest BCUT2D eigenvalue weighted by Gasteiger charge is -2.29. The number of hydrogen-bond acceptors (Lipinski definition) is 2. The molecule has 2 heteroatoms. The van der Waals surface area contributed by atoms with E-state index in [-0.39, 0.29) is 0 Å². The fourth-order valence-corrected chi connectivity index (χ4v) is 1.77. The summed E-state index contributed by atoms with van der Waals surface area (Å²) in [6.45, 7) is 13.1. The average molecular weight is 249 g/mol. The summed E-state index contributed by atoms with van der Waals surface area (Å²) >= 11 is 0. The van der Waals surface area contributed by atoms with Crippen molar-refractivity contribution in [1.29, 1.82) is 0 Å². The van der Waals surface area contributed by atoms with Crippen molar-refractivity contribution in [3.05, 3.63) is 29.3 Å². The summed E-state index contributed by atoms with van der Waals surface area (Å²) in [7, 11) is 1.73. The number of nitrogens with one attached hydrogen (secondary N) is 1. The molecule has 18 heavy (non-hydrogen) atoms. The first-order chi connectivity index (χ1) is 8.36. The molecule has 0 fully saturated rings. The third-order valence-corrected chi connectivity index (χ3v) is 3.89. The van der Waals surface area contributed by atoms with Crippen LogP contribution in [0.1, 0.15) is 38.8 Å². The van der Waals surface area contributed by atoms with Gasteiger partial charge >= 0.3 is 0 Å². The summed E-state index contributed by atoms with van der Waals surface area (Å²) < 4.78 is 5.39. The molecule has 0 saturated heterocycles. The molecule has 102 valence electrons. The molecule has 0 amide bonds. The largest absolute Gasteiger partial charge is 0.496 e. The summed E-state index contributed by atoms with van der Waals surface area (Å²) in [5, 5.41) is 3.55. The first-order valence-corrected chi connectivity index (χ1v) is 6.71.